The van der Waals surface area contributed by atoms with Gasteiger partial charge in [0.1, 0.15) is 6.07 Å². The molecule has 1 N–H and O–H groups in total. The first kappa shape index (κ1) is 12.5. The lowest BCUT2D eigenvalue weighted by molar-refractivity contribution is 1.14. The molecule has 0 radical (unpaired) electrons. The Morgan fingerprint density at radius 2 is 1.89 bits per heavy atom. The smallest absolute Gasteiger partial charge is 0.101 e. The van der Waals surface area contributed by atoms with Crippen molar-refractivity contribution in [2.75, 3.05) is 5.32 Å². The fourth-order valence-corrected chi connectivity index (χ4v) is 1.83. The fourth-order valence-electron chi connectivity index (χ4n) is 1.70. The highest BCUT2D eigenvalue weighted by molar-refractivity contribution is 6.30. The molecule has 0 saturated carbocycles. The zero-order chi connectivity index (χ0) is 13.0. The molecule has 0 saturated heterocycles. The Labute approximate surface area is 112 Å². The van der Waals surface area contributed by atoms with Gasteiger partial charge in [0.05, 0.1) is 11.3 Å². The van der Waals surface area contributed by atoms with Crippen LogP contribution in [0.3, 0.4) is 0 Å². The number of anilines is 1. The second-order valence-electron chi connectivity index (χ2n) is 4.14. The van der Waals surface area contributed by atoms with Crippen LogP contribution in [-0.2, 0) is 6.54 Å². The topological polar surface area (TPSA) is 35.8 Å². The van der Waals surface area contributed by atoms with Crippen LogP contribution < -0.4 is 5.32 Å². The van der Waals surface area contributed by atoms with E-state index in [1.54, 1.807) is 0 Å². The van der Waals surface area contributed by atoms with Crippen LogP contribution in [0.1, 0.15) is 16.7 Å². The van der Waals surface area contributed by atoms with E-state index in [9.17, 15) is 0 Å². The van der Waals surface area contributed by atoms with Gasteiger partial charge in [-0.15, -0.1) is 0 Å². The number of hydrogen-bond donors (Lipinski definition) is 1. The largest absolute Gasteiger partial charge is 0.380 e. The summed E-state index contributed by atoms with van der Waals surface area (Å²) in [7, 11) is 0. The van der Waals surface area contributed by atoms with Crippen molar-refractivity contribution in [1.82, 2.24) is 0 Å². The van der Waals surface area contributed by atoms with E-state index in [0.29, 0.717) is 12.1 Å². The molecule has 18 heavy (non-hydrogen) atoms. The summed E-state index contributed by atoms with van der Waals surface area (Å²) in [6.45, 7) is 2.68. The Kier molecular flexibility index (Phi) is 3.86. The van der Waals surface area contributed by atoms with Gasteiger partial charge in [-0.2, -0.15) is 5.26 Å². The summed E-state index contributed by atoms with van der Waals surface area (Å²) in [4.78, 5) is 0. The van der Waals surface area contributed by atoms with Crippen molar-refractivity contribution in [3.63, 3.8) is 0 Å². The van der Waals surface area contributed by atoms with Gasteiger partial charge in [-0.3, -0.25) is 0 Å². The van der Waals surface area contributed by atoms with Gasteiger partial charge >= 0.3 is 0 Å². The number of nitrogens with one attached hydrogen (secondary N) is 1. The highest BCUT2D eigenvalue weighted by Crippen LogP contribution is 2.18. The van der Waals surface area contributed by atoms with E-state index < -0.39 is 0 Å². The maximum atomic E-state index is 9.04. The highest BCUT2D eigenvalue weighted by Gasteiger charge is 2.01. The van der Waals surface area contributed by atoms with Crippen molar-refractivity contribution in [2.45, 2.75) is 13.5 Å². The number of hydrogen-bond acceptors (Lipinski definition) is 2. The zero-order valence-electron chi connectivity index (χ0n) is 10.1. The van der Waals surface area contributed by atoms with Crippen LogP contribution in [-0.4, -0.2) is 0 Å². The minimum atomic E-state index is 0.662. The third-order valence-corrected chi connectivity index (χ3v) is 2.94. The molecule has 2 aromatic carbocycles. The van der Waals surface area contributed by atoms with Gasteiger partial charge in [0, 0.05) is 11.6 Å². The fraction of sp³-hybridized carbons (Fsp3) is 0.133. The van der Waals surface area contributed by atoms with E-state index in [1.807, 2.05) is 49.4 Å². The van der Waals surface area contributed by atoms with E-state index in [2.05, 4.69) is 11.4 Å². The molecule has 2 nitrogen and oxygen atoms in total. The Hall–Kier alpha value is -1.98. The van der Waals surface area contributed by atoms with Gasteiger partial charge in [0.15, 0.2) is 0 Å². The minimum Gasteiger partial charge on any atom is -0.380 e. The number of benzene rings is 2. The Balaban J connectivity index is 2.13. The second-order valence-corrected chi connectivity index (χ2v) is 4.58. The number of rotatable bonds is 3. The quantitative estimate of drug-likeness (QED) is 0.896. The summed E-state index contributed by atoms with van der Waals surface area (Å²) in [6, 6.07) is 15.6. The minimum absolute atomic E-state index is 0.662. The van der Waals surface area contributed by atoms with Crippen molar-refractivity contribution >= 4 is 17.3 Å². The van der Waals surface area contributed by atoms with Crippen LogP contribution in [0.2, 0.25) is 5.02 Å². The van der Waals surface area contributed by atoms with Gasteiger partial charge in [0.2, 0.25) is 0 Å². The summed E-state index contributed by atoms with van der Waals surface area (Å²) in [5.41, 5.74) is 3.79. The molecule has 0 fully saturated rings. The third-order valence-electron chi connectivity index (χ3n) is 2.69. The van der Waals surface area contributed by atoms with E-state index in [-0.39, 0.29) is 0 Å². The van der Waals surface area contributed by atoms with Crippen LogP contribution in [0.15, 0.2) is 42.5 Å². The van der Waals surface area contributed by atoms with Crippen LogP contribution in [0.25, 0.3) is 0 Å². The maximum absolute atomic E-state index is 9.04. The second kappa shape index (κ2) is 5.57. The summed E-state index contributed by atoms with van der Waals surface area (Å²) in [5.74, 6) is 0. The lowest BCUT2D eigenvalue weighted by Crippen LogP contribution is -2.01. The van der Waals surface area contributed by atoms with Crippen LogP contribution in [0.4, 0.5) is 5.69 Å². The summed E-state index contributed by atoms with van der Waals surface area (Å²) in [6.07, 6.45) is 0. The Morgan fingerprint density at radius 3 is 2.56 bits per heavy atom. The first-order valence-corrected chi connectivity index (χ1v) is 6.06. The van der Waals surface area contributed by atoms with Gasteiger partial charge in [0.25, 0.3) is 0 Å². The molecular formula is C15H13ClN2. The SMILES string of the molecule is Cc1ccc(C#N)c(NCc2ccc(Cl)cc2)c1. The maximum Gasteiger partial charge on any atom is 0.101 e. The molecule has 0 unspecified atom stereocenters. The van der Waals surface area contributed by atoms with Gasteiger partial charge < -0.3 is 5.32 Å². The molecular weight excluding hydrogens is 244 g/mol. The molecule has 3 heteroatoms. The standard InChI is InChI=1S/C15H13ClN2/c1-11-2-5-13(9-17)15(8-11)18-10-12-3-6-14(16)7-4-12/h2-8,18H,10H2,1H3. The molecule has 0 spiro atoms. The molecule has 0 atom stereocenters. The Bertz CT molecular complexity index is 582. The average Bonchev–Trinajstić information content (AvgIpc) is 2.38. The number of nitrogens with zero attached hydrogens (tertiary/aromatic N) is 1. The predicted molar refractivity (Wildman–Crippen MR) is 74.7 cm³/mol. The lowest BCUT2D eigenvalue weighted by Gasteiger charge is -2.09. The Morgan fingerprint density at radius 1 is 1.17 bits per heavy atom. The van der Waals surface area contributed by atoms with E-state index in [4.69, 9.17) is 16.9 Å². The monoisotopic (exact) mass is 256 g/mol. The first-order valence-electron chi connectivity index (χ1n) is 5.68. The van der Waals surface area contributed by atoms with Crippen molar-refractivity contribution in [3.8, 4) is 6.07 Å². The molecule has 0 aliphatic rings. The van der Waals surface area contributed by atoms with E-state index in [1.165, 1.54) is 0 Å². The normalized spacial score (nSPS) is 9.83. The van der Waals surface area contributed by atoms with Crippen molar-refractivity contribution in [3.05, 3.63) is 64.2 Å². The van der Waals surface area contributed by atoms with Crippen LogP contribution in [0, 0.1) is 18.3 Å². The first-order chi connectivity index (χ1) is 8.69. The third kappa shape index (κ3) is 3.03. The number of halogens is 1. The molecule has 0 heterocycles. The summed E-state index contributed by atoms with van der Waals surface area (Å²) < 4.78 is 0. The molecule has 0 aliphatic carbocycles. The number of aryl methyl sites for hydroxylation is 1. The van der Waals surface area contributed by atoms with Crippen LogP contribution in [0.5, 0.6) is 0 Å². The van der Waals surface area contributed by atoms with Gasteiger partial charge in [-0.1, -0.05) is 29.8 Å². The molecule has 0 aliphatic heterocycles. The molecule has 0 amide bonds. The molecule has 2 aromatic rings. The average molecular weight is 257 g/mol. The van der Waals surface area contributed by atoms with Crippen molar-refractivity contribution < 1.29 is 0 Å². The van der Waals surface area contributed by atoms with Gasteiger partial charge in [-0.25, -0.2) is 0 Å². The highest BCUT2D eigenvalue weighted by atomic mass is 35.5. The van der Waals surface area contributed by atoms with Crippen LogP contribution >= 0.6 is 11.6 Å². The summed E-state index contributed by atoms with van der Waals surface area (Å²) in [5, 5.41) is 13.0. The number of nitriles is 1. The molecule has 0 bridgehead atoms. The van der Waals surface area contributed by atoms with E-state index in [0.717, 1.165) is 21.8 Å². The predicted octanol–water partition coefficient (Wildman–Crippen LogP) is 4.13. The van der Waals surface area contributed by atoms with E-state index >= 15 is 0 Å². The zero-order valence-corrected chi connectivity index (χ0v) is 10.8. The van der Waals surface area contributed by atoms with Gasteiger partial charge in [-0.05, 0) is 42.3 Å². The van der Waals surface area contributed by atoms with Crippen molar-refractivity contribution in [1.29, 1.82) is 5.26 Å². The molecule has 0 aromatic heterocycles. The molecule has 2 rings (SSSR count). The van der Waals surface area contributed by atoms with Crippen molar-refractivity contribution in [2.24, 2.45) is 0 Å². The summed E-state index contributed by atoms with van der Waals surface area (Å²) >= 11 is 5.83. The lowest BCUT2D eigenvalue weighted by atomic mass is 10.1. The molecule has 90 valence electrons.